The van der Waals surface area contributed by atoms with Gasteiger partial charge < -0.3 is 9.79 Å². The molecule has 0 amide bonds. The van der Waals surface area contributed by atoms with E-state index in [-0.39, 0.29) is 5.31 Å². The summed E-state index contributed by atoms with van der Waals surface area (Å²) in [5.41, 5.74) is 1.44. The Labute approximate surface area is 115 Å². The second-order valence-electron chi connectivity index (χ2n) is 4.08. The van der Waals surface area contributed by atoms with Gasteiger partial charge in [-0.2, -0.15) is 4.89 Å². The Hall–Kier alpha value is -0.830. The molecule has 0 heterocycles. The Bertz CT molecular complexity index is 469. The minimum atomic E-state index is -4.01. The van der Waals surface area contributed by atoms with Crippen LogP contribution in [0.1, 0.15) is 27.7 Å². The molecule has 1 atom stereocenters. The van der Waals surface area contributed by atoms with E-state index < -0.39 is 15.6 Å². The molecule has 0 aromatic rings. The van der Waals surface area contributed by atoms with Gasteiger partial charge in [-0.15, -0.1) is 0 Å². The standard InChI is InChI=1S/C6H11O3P.C6H9O2P/c1-5(2)4-6(3)10(7,8)9;1-5(2)4-6(3)9(7)8/h4H,1H2,2-3H3,(H2,7,8,9);4H,1H2,2-3H3/p+1/b2*6-4-. The molecule has 0 bridgehead atoms. The normalized spacial score (nSPS) is 13.3. The van der Waals surface area contributed by atoms with Gasteiger partial charge in [0.25, 0.3) is 0 Å². The van der Waals surface area contributed by atoms with Crippen LogP contribution < -0.4 is 0 Å². The highest BCUT2D eigenvalue weighted by atomic mass is 31.2. The summed E-state index contributed by atoms with van der Waals surface area (Å²) in [5, 5.41) is 0.525. The van der Waals surface area contributed by atoms with E-state index in [0.29, 0.717) is 10.9 Å². The first kappa shape index (κ1) is 20.5. The van der Waals surface area contributed by atoms with Gasteiger partial charge >= 0.3 is 15.6 Å². The minimum Gasteiger partial charge on any atom is -0.321 e. The van der Waals surface area contributed by atoms with Crippen molar-refractivity contribution < 1.29 is 23.8 Å². The Balaban J connectivity index is 0. The van der Waals surface area contributed by atoms with Gasteiger partial charge in [0.05, 0.1) is 0 Å². The smallest absolute Gasteiger partial charge is 0.321 e. The van der Waals surface area contributed by atoms with Crippen LogP contribution in [0.4, 0.5) is 0 Å². The lowest BCUT2D eigenvalue weighted by molar-refractivity contribution is 0.382. The third-order valence-corrected chi connectivity index (χ3v) is 3.45. The van der Waals surface area contributed by atoms with Gasteiger partial charge in [-0.1, -0.05) is 24.3 Å². The van der Waals surface area contributed by atoms with Crippen LogP contribution in [0.3, 0.4) is 0 Å². The van der Waals surface area contributed by atoms with Crippen LogP contribution in [-0.4, -0.2) is 14.7 Å². The maximum absolute atomic E-state index is 10.5. The van der Waals surface area contributed by atoms with Crippen LogP contribution in [-0.2, 0) is 9.13 Å². The highest BCUT2D eigenvalue weighted by Crippen LogP contribution is 2.44. The van der Waals surface area contributed by atoms with Gasteiger partial charge in [0.1, 0.15) is 0 Å². The molecule has 0 saturated heterocycles. The third kappa shape index (κ3) is 13.4. The molecule has 7 heteroatoms. The first-order chi connectivity index (χ1) is 8.37. The fourth-order valence-corrected chi connectivity index (χ4v) is 1.57. The van der Waals surface area contributed by atoms with Gasteiger partial charge in [0.15, 0.2) is 5.31 Å². The molecule has 108 valence electrons. The average Bonchev–Trinajstić information content (AvgIpc) is 2.14. The Morgan fingerprint density at radius 3 is 1.53 bits per heavy atom. The van der Waals surface area contributed by atoms with E-state index >= 15 is 0 Å². The van der Waals surface area contributed by atoms with Crippen molar-refractivity contribution in [2.75, 3.05) is 0 Å². The van der Waals surface area contributed by atoms with E-state index in [9.17, 15) is 9.13 Å². The first-order valence-corrected chi connectivity index (χ1v) is 8.10. The van der Waals surface area contributed by atoms with Crippen molar-refractivity contribution in [1.82, 2.24) is 0 Å². The SMILES string of the molecule is C=C(C)/C=C(/C)P(=O)(O)O.C=C(C)/C=C(/C)[P+](=O)O. The van der Waals surface area contributed by atoms with Gasteiger partial charge in [-0.3, -0.25) is 4.57 Å². The highest BCUT2D eigenvalue weighted by molar-refractivity contribution is 7.56. The molecular formula is C12H21O5P2+. The average molecular weight is 307 g/mol. The molecule has 0 rings (SSSR count). The van der Waals surface area contributed by atoms with E-state index in [0.717, 1.165) is 5.57 Å². The van der Waals surface area contributed by atoms with E-state index in [1.165, 1.54) is 13.0 Å². The summed E-state index contributed by atoms with van der Waals surface area (Å²) in [7, 11) is -6.15. The lowest BCUT2D eigenvalue weighted by atomic mass is 10.3. The van der Waals surface area contributed by atoms with Crippen molar-refractivity contribution in [1.29, 1.82) is 0 Å². The minimum absolute atomic E-state index is 0.0556. The second kappa shape index (κ2) is 9.13. The van der Waals surface area contributed by atoms with Crippen molar-refractivity contribution in [3.8, 4) is 0 Å². The molecule has 0 aromatic carbocycles. The van der Waals surface area contributed by atoms with Gasteiger partial charge in [-0.05, 0) is 37.5 Å². The predicted molar refractivity (Wildman–Crippen MR) is 79.0 cm³/mol. The van der Waals surface area contributed by atoms with Crippen molar-refractivity contribution in [3.05, 3.63) is 47.1 Å². The predicted octanol–water partition coefficient (Wildman–Crippen LogP) is 3.85. The quantitative estimate of drug-likeness (QED) is 0.541. The summed E-state index contributed by atoms with van der Waals surface area (Å²) in [6, 6.07) is 0. The van der Waals surface area contributed by atoms with Gasteiger partial charge in [-0.25, -0.2) is 0 Å². The molecule has 0 spiro atoms. The third-order valence-electron chi connectivity index (χ3n) is 1.67. The Morgan fingerprint density at radius 2 is 1.42 bits per heavy atom. The zero-order valence-corrected chi connectivity index (χ0v) is 13.4. The summed E-state index contributed by atoms with van der Waals surface area (Å²) < 4.78 is 20.7. The monoisotopic (exact) mass is 307 g/mol. The van der Waals surface area contributed by atoms with Gasteiger partial charge in [0.2, 0.25) is 0 Å². The van der Waals surface area contributed by atoms with Gasteiger partial charge in [0, 0.05) is 12.2 Å². The number of hydrogen-bond acceptors (Lipinski definition) is 2. The van der Waals surface area contributed by atoms with E-state index in [1.54, 1.807) is 26.8 Å². The molecule has 0 radical (unpaired) electrons. The largest absolute Gasteiger partial charge is 0.541 e. The van der Waals surface area contributed by atoms with Crippen molar-refractivity contribution in [2.24, 2.45) is 0 Å². The lowest BCUT2D eigenvalue weighted by Crippen LogP contribution is -1.79. The van der Waals surface area contributed by atoms with Crippen LogP contribution in [0.15, 0.2) is 47.1 Å². The van der Waals surface area contributed by atoms with Crippen molar-refractivity contribution >= 4 is 15.6 Å². The molecule has 5 nitrogen and oxygen atoms in total. The zero-order valence-electron chi connectivity index (χ0n) is 11.6. The molecule has 0 aliphatic carbocycles. The fourth-order valence-electron chi connectivity index (χ4n) is 0.852. The Morgan fingerprint density at radius 1 is 1.05 bits per heavy atom. The lowest BCUT2D eigenvalue weighted by Gasteiger charge is -2.01. The molecule has 0 aliphatic rings. The molecule has 0 aromatic heterocycles. The second-order valence-corrected chi connectivity index (χ2v) is 7.13. The van der Waals surface area contributed by atoms with Crippen LogP contribution in [0.25, 0.3) is 0 Å². The van der Waals surface area contributed by atoms with Crippen LogP contribution >= 0.6 is 15.6 Å². The summed E-state index contributed by atoms with van der Waals surface area (Å²) in [5.74, 6) is 0. The zero-order chi connectivity index (χ0) is 15.8. The first-order valence-electron chi connectivity index (χ1n) is 5.27. The number of hydrogen-bond donors (Lipinski definition) is 3. The molecule has 3 N–H and O–H groups in total. The molecule has 19 heavy (non-hydrogen) atoms. The summed E-state index contributed by atoms with van der Waals surface area (Å²) in [6.07, 6.45) is 2.97. The topological polar surface area (TPSA) is 94.8 Å². The molecule has 0 fully saturated rings. The maximum Gasteiger partial charge on any atom is 0.541 e. The van der Waals surface area contributed by atoms with E-state index in [1.807, 2.05) is 0 Å². The molecule has 1 unspecified atom stereocenters. The highest BCUT2D eigenvalue weighted by Gasteiger charge is 2.14. The van der Waals surface area contributed by atoms with E-state index in [4.69, 9.17) is 14.7 Å². The number of rotatable bonds is 4. The fraction of sp³-hybridized carbons (Fsp3) is 0.333. The summed E-state index contributed by atoms with van der Waals surface area (Å²) in [4.78, 5) is 25.5. The van der Waals surface area contributed by atoms with Crippen molar-refractivity contribution in [3.63, 3.8) is 0 Å². The molecular weight excluding hydrogens is 286 g/mol. The van der Waals surface area contributed by atoms with Crippen LogP contribution in [0, 0.1) is 0 Å². The maximum atomic E-state index is 10.5. The molecule has 0 aliphatic heterocycles. The number of allylic oxidation sites excluding steroid dienone is 6. The molecule has 0 saturated carbocycles. The summed E-state index contributed by atoms with van der Waals surface area (Å²) in [6.45, 7) is 13.5. The van der Waals surface area contributed by atoms with Crippen LogP contribution in [0.5, 0.6) is 0 Å². The van der Waals surface area contributed by atoms with Crippen molar-refractivity contribution in [2.45, 2.75) is 27.7 Å². The Kier molecular flexibility index (Phi) is 9.85. The van der Waals surface area contributed by atoms with Crippen LogP contribution in [0.2, 0.25) is 0 Å². The van der Waals surface area contributed by atoms with E-state index in [2.05, 4.69) is 13.2 Å². The summed E-state index contributed by atoms with van der Waals surface area (Å²) >= 11 is 0.